The number of aliphatic hydroxyl groups is 1. The van der Waals surface area contributed by atoms with Gasteiger partial charge in [0.05, 0.1) is 24.4 Å². The first-order chi connectivity index (χ1) is 17.0. The highest BCUT2D eigenvalue weighted by Crippen LogP contribution is 2.41. The zero-order valence-corrected chi connectivity index (χ0v) is 19.9. The van der Waals surface area contributed by atoms with Crippen LogP contribution in [0.15, 0.2) is 64.7 Å². The van der Waals surface area contributed by atoms with Crippen molar-refractivity contribution < 1.29 is 24.0 Å². The van der Waals surface area contributed by atoms with Gasteiger partial charge < -0.3 is 14.4 Å². The molecule has 2 aliphatic rings. The fraction of sp³-hybridized carbons (Fsp3) is 0.321. The van der Waals surface area contributed by atoms with Crippen LogP contribution in [0.4, 0.5) is 5.69 Å². The topological polar surface area (TPSA) is 92.9 Å². The Morgan fingerprint density at radius 1 is 1.03 bits per heavy atom. The number of methoxy groups -OCH3 is 1. The number of ketones is 1. The van der Waals surface area contributed by atoms with Gasteiger partial charge in [-0.1, -0.05) is 24.4 Å². The van der Waals surface area contributed by atoms with Crippen LogP contribution < -0.4 is 9.64 Å². The van der Waals surface area contributed by atoms with Gasteiger partial charge in [0, 0.05) is 22.9 Å². The quantitative estimate of drug-likeness (QED) is 0.300. The molecule has 0 radical (unpaired) electrons. The van der Waals surface area contributed by atoms with Crippen molar-refractivity contribution in [2.24, 2.45) is 5.92 Å². The summed E-state index contributed by atoms with van der Waals surface area (Å²) in [6.07, 6.45) is 5.02. The number of aryl methyl sites for hydroxylation is 1. The summed E-state index contributed by atoms with van der Waals surface area (Å²) in [6, 6.07) is 15.5. The number of Topliss-reactive ketones (excluding diaryl/α,β-unsaturated/α-hetero) is 1. The van der Waals surface area contributed by atoms with Gasteiger partial charge in [0.1, 0.15) is 11.5 Å². The number of hydrogen-bond acceptors (Lipinski definition) is 6. The normalized spacial score (nSPS) is 20.4. The van der Waals surface area contributed by atoms with Crippen molar-refractivity contribution in [2.45, 2.75) is 45.1 Å². The first-order valence-electron chi connectivity index (χ1n) is 12.0. The lowest BCUT2D eigenvalue weighted by molar-refractivity contribution is -0.132. The van der Waals surface area contributed by atoms with Gasteiger partial charge in [-0.3, -0.25) is 14.5 Å². The van der Waals surface area contributed by atoms with Crippen LogP contribution in [0.2, 0.25) is 0 Å². The lowest BCUT2D eigenvalue weighted by Crippen LogP contribution is -2.40. The van der Waals surface area contributed by atoms with E-state index >= 15 is 0 Å². The molecule has 1 N–H and O–H groups in total. The second kappa shape index (κ2) is 9.41. The van der Waals surface area contributed by atoms with Crippen LogP contribution >= 0.6 is 0 Å². The highest BCUT2D eigenvalue weighted by atomic mass is 16.5. The van der Waals surface area contributed by atoms with E-state index < -0.39 is 17.7 Å². The van der Waals surface area contributed by atoms with Crippen LogP contribution in [-0.4, -0.2) is 35.1 Å². The lowest BCUT2D eigenvalue weighted by atomic mass is 9.80. The van der Waals surface area contributed by atoms with Gasteiger partial charge in [-0.2, -0.15) is 0 Å². The fourth-order valence-corrected chi connectivity index (χ4v) is 5.23. The minimum atomic E-state index is -0.649. The maximum atomic E-state index is 13.3. The molecular formula is C28H28N2O5. The molecule has 7 nitrogen and oxygen atoms in total. The monoisotopic (exact) mass is 472 g/mol. The van der Waals surface area contributed by atoms with E-state index in [1.807, 2.05) is 37.3 Å². The van der Waals surface area contributed by atoms with E-state index in [4.69, 9.17) is 9.26 Å². The minimum Gasteiger partial charge on any atom is -0.507 e. The number of ether oxygens (including phenoxy) is 1. The minimum absolute atomic E-state index is 0.0890. The van der Waals surface area contributed by atoms with Crippen molar-refractivity contribution in [3.8, 4) is 17.1 Å². The van der Waals surface area contributed by atoms with Crippen LogP contribution in [0, 0.1) is 12.8 Å². The van der Waals surface area contributed by atoms with E-state index in [1.54, 1.807) is 36.3 Å². The summed E-state index contributed by atoms with van der Waals surface area (Å²) in [7, 11) is 1.57. The Morgan fingerprint density at radius 3 is 2.31 bits per heavy atom. The maximum Gasteiger partial charge on any atom is 0.299 e. The third kappa shape index (κ3) is 4.22. The van der Waals surface area contributed by atoms with Crippen molar-refractivity contribution in [2.75, 3.05) is 12.0 Å². The molecule has 0 bridgehead atoms. The molecule has 2 fully saturated rings. The first-order valence-corrected chi connectivity index (χ1v) is 12.0. The summed E-state index contributed by atoms with van der Waals surface area (Å²) in [5.74, 6) is -0.0287. The Hall–Kier alpha value is -3.87. The molecule has 1 aromatic heterocycles. The second-order valence-corrected chi connectivity index (χ2v) is 9.22. The summed E-state index contributed by atoms with van der Waals surface area (Å²) < 4.78 is 10.6. The number of aliphatic hydroxyl groups excluding tert-OH is 1. The number of carbonyl (C=O) groups excluding carboxylic acids is 2. The highest BCUT2D eigenvalue weighted by Gasteiger charge is 2.49. The van der Waals surface area contributed by atoms with E-state index in [9.17, 15) is 14.7 Å². The number of carbonyl (C=O) groups is 2. The Bertz CT molecular complexity index is 1270. The Balaban J connectivity index is 1.57. The van der Waals surface area contributed by atoms with Crippen LogP contribution in [-0.2, 0) is 9.59 Å². The van der Waals surface area contributed by atoms with E-state index in [-0.39, 0.29) is 17.3 Å². The number of hydrogen-bond donors (Lipinski definition) is 1. The maximum absolute atomic E-state index is 13.3. The van der Waals surface area contributed by atoms with Gasteiger partial charge >= 0.3 is 0 Å². The standard InChI is InChI=1S/C28H28N2O5/c1-17-16-23(35-29-17)18-8-12-21(13-9-18)30-25(19-6-4-3-5-7-19)24(27(32)28(30)33)26(31)20-10-14-22(34-2)15-11-20/h8-16,19,25,31H,3-7H2,1-2H3. The molecule has 1 unspecified atom stereocenters. The van der Waals surface area contributed by atoms with Gasteiger partial charge in [-0.25, -0.2) is 0 Å². The van der Waals surface area contributed by atoms with E-state index in [0.717, 1.165) is 43.4 Å². The van der Waals surface area contributed by atoms with Gasteiger partial charge in [0.2, 0.25) is 0 Å². The summed E-state index contributed by atoms with van der Waals surface area (Å²) in [4.78, 5) is 28.2. The number of nitrogens with zero attached hydrogens (tertiary/aromatic N) is 2. The molecule has 2 heterocycles. The number of rotatable bonds is 5. The van der Waals surface area contributed by atoms with Crippen molar-refractivity contribution in [1.29, 1.82) is 0 Å². The molecule has 1 aliphatic carbocycles. The Labute approximate surface area is 204 Å². The molecular weight excluding hydrogens is 444 g/mol. The van der Waals surface area contributed by atoms with Gasteiger partial charge in [0.25, 0.3) is 11.7 Å². The van der Waals surface area contributed by atoms with Crippen molar-refractivity contribution in [3.63, 3.8) is 0 Å². The SMILES string of the molecule is COc1ccc(C(O)=C2C(=O)C(=O)N(c3ccc(-c4cc(C)no4)cc3)C2C2CCCCC2)cc1. The first kappa shape index (κ1) is 22.9. The lowest BCUT2D eigenvalue weighted by Gasteiger charge is -2.34. The smallest absolute Gasteiger partial charge is 0.299 e. The molecule has 180 valence electrons. The van der Waals surface area contributed by atoms with Crippen LogP contribution in [0.1, 0.15) is 43.4 Å². The zero-order chi connectivity index (χ0) is 24.5. The average molecular weight is 473 g/mol. The molecule has 2 aromatic carbocycles. The number of aromatic nitrogens is 1. The summed E-state index contributed by atoms with van der Waals surface area (Å²) >= 11 is 0. The molecule has 1 atom stereocenters. The molecule has 1 saturated heterocycles. The molecule has 5 rings (SSSR count). The van der Waals surface area contributed by atoms with Crippen LogP contribution in [0.25, 0.3) is 17.1 Å². The molecule has 35 heavy (non-hydrogen) atoms. The Morgan fingerprint density at radius 2 is 1.71 bits per heavy atom. The second-order valence-electron chi connectivity index (χ2n) is 9.22. The van der Waals surface area contributed by atoms with Gasteiger partial charge in [-0.15, -0.1) is 0 Å². The predicted octanol–water partition coefficient (Wildman–Crippen LogP) is 5.49. The number of amides is 1. The van der Waals surface area contributed by atoms with Crippen LogP contribution in [0.3, 0.4) is 0 Å². The van der Waals surface area contributed by atoms with E-state index in [2.05, 4.69) is 5.16 Å². The third-order valence-corrected chi connectivity index (χ3v) is 7.00. The summed E-state index contributed by atoms with van der Waals surface area (Å²) in [6.45, 7) is 1.85. The molecule has 0 spiro atoms. The molecule has 1 amide bonds. The van der Waals surface area contributed by atoms with Crippen molar-refractivity contribution in [1.82, 2.24) is 5.16 Å². The van der Waals surface area contributed by atoms with Gasteiger partial charge in [0.15, 0.2) is 5.76 Å². The summed E-state index contributed by atoms with van der Waals surface area (Å²) in [5.41, 5.74) is 2.91. The highest BCUT2D eigenvalue weighted by molar-refractivity contribution is 6.51. The Kier molecular flexibility index (Phi) is 6.16. The molecule has 3 aromatic rings. The van der Waals surface area contributed by atoms with Crippen LogP contribution in [0.5, 0.6) is 5.75 Å². The predicted molar refractivity (Wildman–Crippen MR) is 132 cm³/mol. The van der Waals surface area contributed by atoms with E-state index in [0.29, 0.717) is 22.8 Å². The summed E-state index contributed by atoms with van der Waals surface area (Å²) in [5, 5.41) is 15.2. The largest absolute Gasteiger partial charge is 0.507 e. The van der Waals surface area contributed by atoms with Gasteiger partial charge in [-0.05, 0) is 74.2 Å². The zero-order valence-electron chi connectivity index (χ0n) is 19.9. The van der Waals surface area contributed by atoms with Crippen molar-refractivity contribution >= 4 is 23.1 Å². The van der Waals surface area contributed by atoms with E-state index in [1.165, 1.54) is 0 Å². The molecule has 1 saturated carbocycles. The average Bonchev–Trinajstić information content (AvgIpc) is 3.45. The van der Waals surface area contributed by atoms with Crippen molar-refractivity contribution in [3.05, 3.63) is 71.4 Å². The number of anilines is 1. The number of benzene rings is 2. The fourth-order valence-electron chi connectivity index (χ4n) is 5.23. The molecule has 1 aliphatic heterocycles. The molecule has 7 heteroatoms. The third-order valence-electron chi connectivity index (χ3n) is 7.00.